The molecule has 0 aromatic heterocycles. The fourth-order valence-corrected chi connectivity index (χ4v) is 1.85. The highest BCUT2D eigenvalue weighted by Crippen LogP contribution is 2.29. The Morgan fingerprint density at radius 2 is 1.89 bits per heavy atom. The molecule has 0 aliphatic heterocycles. The number of ether oxygens (including phenoxy) is 1. The van der Waals surface area contributed by atoms with Gasteiger partial charge in [-0.05, 0) is 35.9 Å². The minimum absolute atomic E-state index is 0.550. The maximum absolute atomic E-state index is 5.98. The zero-order valence-electron chi connectivity index (χ0n) is 10.8. The summed E-state index contributed by atoms with van der Waals surface area (Å²) in [6, 6.07) is 11.0. The quantitative estimate of drug-likeness (QED) is 0.629. The number of anilines is 4. The molecule has 0 bridgehead atoms. The molecule has 5 nitrogen and oxygen atoms in total. The van der Waals surface area contributed by atoms with Crippen LogP contribution < -0.4 is 27.3 Å². The number of hydrogen-bond donors (Lipinski definition) is 4. The average Bonchev–Trinajstić information content (AvgIpc) is 2.41. The maximum Gasteiger partial charge on any atom is 0.143 e. The van der Waals surface area contributed by atoms with Crippen molar-refractivity contribution >= 4 is 22.7 Å². The second-order valence-corrected chi connectivity index (χ2v) is 4.23. The molecule has 0 aliphatic carbocycles. The van der Waals surface area contributed by atoms with E-state index in [0.29, 0.717) is 29.4 Å². The summed E-state index contributed by atoms with van der Waals surface area (Å²) < 4.78 is 5.17. The van der Waals surface area contributed by atoms with Crippen LogP contribution in [0.5, 0.6) is 5.75 Å². The lowest BCUT2D eigenvalue weighted by molar-refractivity contribution is 0.417. The van der Waals surface area contributed by atoms with Crippen molar-refractivity contribution in [3.63, 3.8) is 0 Å². The third kappa shape index (κ3) is 2.82. The van der Waals surface area contributed by atoms with Crippen LogP contribution in [0, 0.1) is 0 Å². The van der Waals surface area contributed by atoms with Gasteiger partial charge in [-0.15, -0.1) is 0 Å². The standard InChI is InChI=1S/C14H18N4O/c1-19-13-4-2-3-12(14(13)17)18-8-9-7-10(15)5-6-11(9)16/h2-7,18H,8,15-17H2,1H3. The summed E-state index contributed by atoms with van der Waals surface area (Å²) in [5.74, 6) is 0.644. The minimum atomic E-state index is 0.550. The lowest BCUT2D eigenvalue weighted by atomic mass is 10.1. The van der Waals surface area contributed by atoms with E-state index in [1.165, 1.54) is 0 Å². The maximum atomic E-state index is 5.98. The van der Waals surface area contributed by atoms with Crippen LogP contribution in [-0.4, -0.2) is 7.11 Å². The van der Waals surface area contributed by atoms with Crippen LogP contribution in [0.25, 0.3) is 0 Å². The summed E-state index contributed by atoms with van der Waals surface area (Å²) in [5.41, 5.74) is 21.3. The fourth-order valence-electron chi connectivity index (χ4n) is 1.85. The van der Waals surface area contributed by atoms with Gasteiger partial charge in [0.15, 0.2) is 0 Å². The lowest BCUT2D eigenvalue weighted by Gasteiger charge is -2.13. The van der Waals surface area contributed by atoms with Crippen molar-refractivity contribution in [3.8, 4) is 5.75 Å². The number of nitrogen functional groups attached to an aromatic ring is 3. The number of methoxy groups -OCH3 is 1. The molecule has 0 heterocycles. The molecule has 0 amide bonds. The summed E-state index contributed by atoms with van der Waals surface area (Å²) in [4.78, 5) is 0. The van der Waals surface area contributed by atoms with Crippen molar-refractivity contribution in [2.45, 2.75) is 6.54 Å². The summed E-state index contributed by atoms with van der Waals surface area (Å²) >= 11 is 0. The molecule has 0 radical (unpaired) electrons. The molecule has 0 saturated heterocycles. The molecule has 0 fully saturated rings. The Kier molecular flexibility index (Phi) is 3.66. The van der Waals surface area contributed by atoms with Crippen molar-refractivity contribution in [2.24, 2.45) is 0 Å². The number of rotatable bonds is 4. The van der Waals surface area contributed by atoms with E-state index in [1.807, 2.05) is 24.3 Å². The van der Waals surface area contributed by atoms with Crippen molar-refractivity contribution in [1.29, 1.82) is 0 Å². The van der Waals surface area contributed by atoms with Gasteiger partial charge in [-0.3, -0.25) is 0 Å². The third-order valence-electron chi connectivity index (χ3n) is 2.92. The van der Waals surface area contributed by atoms with E-state index in [2.05, 4.69) is 5.32 Å². The van der Waals surface area contributed by atoms with Crippen LogP contribution in [-0.2, 0) is 6.54 Å². The first-order chi connectivity index (χ1) is 9.11. The summed E-state index contributed by atoms with van der Waals surface area (Å²) in [6.45, 7) is 0.550. The Morgan fingerprint density at radius 3 is 2.63 bits per heavy atom. The Balaban J connectivity index is 2.17. The van der Waals surface area contributed by atoms with E-state index >= 15 is 0 Å². The lowest BCUT2D eigenvalue weighted by Crippen LogP contribution is -2.06. The molecule has 7 N–H and O–H groups in total. The van der Waals surface area contributed by atoms with Gasteiger partial charge in [-0.1, -0.05) is 6.07 Å². The molecule has 2 rings (SSSR count). The first-order valence-corrected chi connectivity index (χ1v) is 5.92. The Labute approximate surface area is 112 Å². The van der Waals surface area contributed by atoms with Crippen LogP contribution in [0.1, 0.15) is 5.56 Å². The molecule has 0 spiro atoms. The zero-order valence-corrected chi connectivity index (χ0v) is 10.8. The van der Waals surface area contributed by atoms with Crippen molar-refractivity contribution in [1.82, 2.24) is 0 Å². The summed E-state index contributed by atoms with van der Waals surface area (Å²) in [7, 11) is 1.59. The topological polar surface area (TPSA) is 99.3 Å². The predicted octanol–water partition coefficient (Wildman–Crippen LogP) is 2.05. The molecule has 2 aromatic carbocycles. The predicted molar refractivity (Wildman–Crippen MR) is 80.0 cm³/mol. The highest BCUT2D eigenvalue weighted by molar-refractivity contribution is 5.73. The van der Waals surface area contributed by atoms with Crippen molar-refractivity contribution < 1.29 is 4.74 Å². The largest absolute Gasteiger partial charge is 0.495 e. The van der Waals surface area contributed by atoms with Gasteiger partial charge < -0.3 is 27.3 Å². The van der Waals surface area contributed by atoms with Crippen LogP contribution in [0.3, 0.4) is 0 Å². The van der Waals surface area contributed by atoms with E-state index in [9.17, 15) is 0 Å². The molecular formula is C14H18N4O. The van der Waals surface area contributed by atoms with Crippen LogP contribution in [0.2, 0.25) is 0 Å². The van der Waals surface area contributed by atoms with Crippen molar-refractivity contribution in [2.75, 3.05) is 29.6 Å². The minimum Gasteiger partial charge on any atom is -0.495 e. The van der Waals surface area contributed by atoms with E-state index in [4.69, 9.17) is 21.9 Å². The summed E-state index contributed by atoms with van der Waals surface area (Å²) in [5, 5.41) is 3.23. The van der Waals surface area contributed by atoms with Gasteiger partial charge in [0.1, 0.15) is 5.75 Å². The number of hydrogen-bond acceptors (Lipinski definition) is 5. The van der Waals surface area contributed by atoms with E-state index < -0.39 is 0 Å². The van der Waals surface area contributed by atoms with Crippen molar-refractivity contribution in [3.05, 3.63) is 42.0 Å². The molecule has 0 aliphatic rings. The molecule has 0 saturated carbocycles. The highest BCUT2D eigenvalue weighted by atomic mass is 16.5. The number of nitrogens with two attached hydrogens (primary N) is 3. The highest BCUT2D eigenvalue weighted by Gasteiger charge is 2.06. The van der Waals surface area contributed by atoms with Gasteiger partial charge in [0, 0.05) is 17.9 Å². The van der Waals surface area contributed by atoms with Gasteiger partial charge in [0.2, 0.25) is 0 Å². The Morgan fingerprint density at radius 1 is 1.11 bits per heavy atom. The van der Waals surface area contributed by atoms with Gasteiger partial charge in [-0.2, -0.15) is 0 Å². The fraction of sp³-hybridized carbons (Fsp3) is 0.143. The Hall–Kier alpha value is -2.56. The van der Waals surface area contributed by atoms with E-state index in [0.717, 1.165) is 11.3 Å². The summed E-state index contributed by atoms with van der Waals surface area (Å²) in [6.07, 6.45) is 0. The van der Waals surface area contributed by atoms with Gasteiger partial charge in [0.25, 0.3) is 0 Å². The molecule has 0 unspecified atom stereocenters. The number of nitrogens with one attached hydrogen (secondary N) is 1. The van der Waals surface area contributed by atoms with Gasteiger partial charge in [-0.25, -0.2) is 0 Å². The smallest absolute Gasteiger partial charge is 0.143 e. The monoisotopic (exact) mass is 258 g/mol. The van der Waals surface area contributed by atoms with Crippen LogP contribution >= 0.6 is 0 Å². The second-order valence-electron chi connectivity index (χ2n) is 4.23. The SMILES string of the molecule is COc1cccc(NCc2cc(N)ccc2N)c1N. The normalized spacial score (nSPS) is 10.2. The van der Waals surface area contributed by atoms with E-state index in [-0.39, 0.29) is 0 Å². The molecule has 100 valence electrons. The zero-order chi connectivity index (χ0) is 13.8. The van der Waals surface area contributed by atoms with Crippen LogP contribution in [0.15, 0.2) is 36.4 Å². The molecule has 0 atom stereocenters. The van der Waals surface area contributed by atoms with E-state index in [1.54, 1.807) is 19.2 Å². The Bertz CT molecular complexity index is 584. The number of benzene rings is 2. The van der Waals surface area contributed by atoms with Crippen LogP contribution in [0.4, 0.5) is 22.7 Å². The van der Waals surface area contributed by atoms with Gasteiger partial charge >= 0.3 is 0 Å². The molecule has 19 heavy (non-hydrogen) atoms. The average molecular weight is 258 g/mol. The third-order valence-corrected chi connectivity index (χ3v) is 2.92. The first-order valence-electron chi connectivity index (χ1n) is 5.92. The molecular weight excluding hydrogens is 240 g/mol. The first kappa shape index (κ1) is 12.9. The molecule has 5 heteroatoms. The molecule has 2 aromatic rings. The second kappa shape index (κ2) is 5.39. The van der Waals surface area contributed by atoms with Gasteiger partial charge in [0.05, 0.1) is 18.5 Å². The number of para-hydroxylation sites is 1.